The van der Waals surface area contributed by atoms with Crippen LogP contribution in [0.15, 0.2) is 42.5 Å². The molecule has 0 radical (unpaired) electrons. The molecule has 2 amide bonds. The van der Waals surface area contributed by atoms with Gasteiger partial charge in [-0.15, -0.1) is 0 Å². The van der Waals surface area contributed by atoms with E-state index in [0.717, 1.165) is 5.56 Å². The second-order valence-corrected chi connectivity index (χ2v) is 5.67. The van der Waals surface area contributed by atoms with Crippen molar-refractivity contribution in [3.8, 4) is 5.75 Å². The van der Waals surface area contributed by atoms with Crippen LogP contribution < -0.4 is 15.4 Å². The maximum absolute atomic E-state index is 12.4. The van der Waals surface area contributed by atoms with Crippen LogP contribution in [-0.2, 0) is 20.7 Å². The first-order valence-electron chi connectivity index (χ1n) is 8.18. The Morgan fingerprint density at radius 2 is 1.92 bits per heavy atom. The predicted molar refractivity (Wildman–Crippen MR) is 95.3 cm³/mol. The lowest BCUT2D eigenvalue weighted by Gasteiger charge is -2.09. The number of benzene rings is 2. The van der Waals surface area contributed by atoms with Gasteiger partial charge in [-0.2, -0.15) is 0 Å². The minimum Gasteiger partial charge on any atom is -0.482 e. The van der Waals surface area contributed by atoms with Gasteiger partial charge >= 0.3 is 5.97 Å². The highest BCUT2D eigenvalue weighted by Gasteiger charge is 2.19. The molecule has 0 unspecified atom stereocenters. The molecule has 0 saturated heterocycles. The molecule has 7 nitrogen and oxygen atoms in total. The molecule has 0 bridgehead atoms. The third-order valence-electron chi connectivity index (χ3n) is 3.77. The molecule has 7 heteroatoms. The molecular weight excluding hydrogens is 336 g/mol. The van der Waals surface area contributed by atoms with E-state index >= 15 is 0 Å². The minimum absolute atomic E-state index is 0.0732. The van der Waals surface area contributed by atoms with Crippen molar-refractivity contribution in [2.45, 2.75) is 13.3 Å². The summed E-state index contributed by atoms with van der Waals surface area (Å²) in [4.78, 5) is 35.0. The van der Waals surface area contributed by atoms with Crippen molar-refractivity contribution in [1.29, 1.82) is 0 Å². The Balaban J connectivity index is 1.59. The van der Waals surface area contributed by atoms with E-state index in [4.69, 9.17) is 9.47 Å². The van der Waals surface area contributed by atoms with Crippen LogP contribution in [0.1, 0.15) is 22.8 Å². The number of rotatable bonds is 6. The topological polar surface area (TPSA) is 93.7 Å². The van der Waals surface area contributed by atoms with Crippen molar-refractivity contribution in [3.05, 3.63) is 53.6 Å². The van der Waals surface area contributed by atoms with Gasteiger partial charge in [0.1, 0.15) is 5.75 Å². The fourth-order valence-electron chi connectivity index (χ4n) is 2.54. The molecule has 0 fully saturated rings. The molecule has 2 aromatic rings. The summed E-state index contributed by atoms with van der Waals surface area (Å²) in [5, 5.41) is 5.50. The van der Waals surface area contributed by atoms with Gasteiger partial charge in [0.05, 0.1) is 13.0 Å². The summed E-state index contributed by atoms with van der Waals surface area (Å²) in [5.74, 6) is -0.296. The van der Waals surface area contributed by atoms with E-state index in [1.165, 1.54) is 0 Å². The van der Waals surface area contributed by atoms with Crippen LogP contribution in [0.25, 0.3) is 0 Å². The molecule has 0 atom stereocenters. The van der Waals surface area contributed by atoms with Crippen LogP contribution in [0.2, 0.25) is 0 Å². The highest BCUT2D eigenvalue weighted by Crippen LogP contribution is 2.24. The largest absolute Gasteiger partial charge is 0.482 e. The van der Waals surface area contributed by atoms with Gasteiger partial charge in [0.15, 0.2) is 6.61 Å². The van der Waals surface area contributed by atoms with Gasteiger partial charge in [-0.3, -0.25) is 9.59 Å². The molecule has 0 aliphatic carbocycles. The zero-order valence-corrected chi connectivity index (χ0v) is 14.2. The van der Waals surface area contributed by atoms with E-state index in [1.807, 2.05) is 0 Å². The van der Waals surface area contributed by atoms with E-state index in [9.17, 15) is 14.4 Å². The van der Waals surface area contributed by atoms with Gasteiger partial charge in [-0.05, 0) is 48.9 Å². The van der Waals surface area contributed by atoms with Crippen LogP contribution in [0, 0.1) is 0 Å². The summed E-state index contributed by atoms with van der Waals surface area (Å²) in [6, 6.07) is 11.8. The number of hydrogen-bond acceptors (Lipinski definition) is 5. The molecule has 0 aromatic heterocycles. The lowest BCUT2D eigenvalue weighted by Crippen LogP contribution is -2.14. The standard InChI is InChI=1S/C19H18N2O5/c1-2-25-18(23)11-26-15-7-5-14(6-8-15)20-19(24)13-4-3-12-10-17(22)21-16(12)9-13/h3-9H,2,10-11H2,1H3,(H,20,24)(H,21,22). The first-order valence-corrected chi connectivity index (χ1v) is 8.18. The Morgan fingerprint density at radius 3 is 2.65 bits per heavy atom. The van der Waals surface area contributed by atoms with Crippen LogP contribution in [-0.4, -0.2) is 31.0 Å². The Labute approximate surface area is 150 Å². The van der Waals surface area contributed by atoms with E-state index in [1.54, 1.807) is 49.4 Å². The third-order valence-corrected chi connectivity index (χ3v) is 3.77. The number of ether oxygens (including phenoxy) is 2. The molecular formula is C19H18N2O5. The monoisotopic (exact) mass is 354 g/mol. The number of anilines is 2. The first-order chi connectivity index (χ1) is 12.5. The van der Waals surface area contributed by atoms with Gasteiger partial charge in [0, 0.05) is 16.9 Å². The third kappa shape index (κ3) is 4.18. The molecule has 3 rings (SSSR count). The SMILES string of the molecule is CCOC(=O)COc1ccc(NC(=O)c2ccc3c(c2)NC(=O)C3)cc1. The van der Waals surface area contributed by atoms with Crippen LogP contribution in [0.3, 0.4) is 0 Å². The second kappa shape index (κ2) is 7.69. The number of carbonyl (C=O) groups is 3. The number of hydrogen-bond donors (Lipinski definition) is 2. The van der Waals surface area contributed by atoms with Crippen LogP contribution in [0.5, 0.6) is 5.75 Å². The highest BCUT2D eigenvalue weighted by atomic mass is 16.6. The van der Waals surface area contributed by atoms with Crippen molar-refractivity contribution in [2.75, 3.05) is 23.8 Å². The molecule has 0 spiro atoms. The molecule has 2 N–H and O–H groups in total. The fraction of sp³-hybridized carbons (Fsp3) is 0.211. The van der Waals surface area contributed by atoms with E-state index < -0.39 is 5.97 Å². The average molecular weight is 354 g/mol. The van der Waals surface area contributed by atoms with Crippen molar-refractivity contribution in [3.63, 3.8) is 0 Å². The Kier molecular flexibility index (Phi) is 5.17. The van der Waals surface area contributed by atoms with Crippen molar-refractivity contribution < 1.29 is 23.9 Å². The number of carbonyl (C=O) groups excluding carboxylic acids is 3. The molecule has 1 aliphatic rings. The van der Waals surface area contributed by atoms with E-state index in [-0.39, 0.29) is 18.4 Å². The lowest BCUT2D eigenvalue weighted by molar-refractivity contribution is -0.145. The van der Waals surface area contributed by atoms with Crippen molar-refractivity contribution >= 4 is 29.2 Å². The fourth-order valence-corrected chi connectivity index (χ4v) is 2.54. The Hall–Kier alpha value is -3.35. The molecule has 2 aromatic carbocycles. The average Bonchev–Trinajstić information content (AvgIpc) is 3.00. The molecule has 0 saturated carbocycles. The van der Waals surface area contributed by atoms with Gasteiger partial charge < -0.3 is 20.1 Å². The molecule has 1 aliphatic heterocycles. The maximum atomic E-state index is 12.4. The quantitative estimate of drug-likeness (QED) is 0.777. The summed E-state index contributed by atoms with van der Waals surface area (Å²) >= 11 is 0. The molecule has 26 heavy (non-hydrogen) atoms. The summed E-state index contributed by atoms with van der Waals surface area (Å²) in [6.45, 7) is 1.87. The summed E-state index contributed by atoms with van der Waals surface area (Å²) in [7, 11) is 0. The van der Waals surface area contributed by atoms with Crippen LogP contribution >= 0.6 is 0 Å². The number of fused-ring (bicyclic) bond motifs is 1. The highest BCUT2D eigenvalue weighted by molar-refractivity contribution is 6.07. The van der Waals surface area contributed by atoms with Gasteiger partial charge in [0.2, 0.25) is 5.91 Å². The number of amides is 2. The number of nitrogens with one attached hydrogen (secondary N) is 2. The lowest BCUT2D eigenvalue weighted by atomic mass is 10.1. The van der Waals surface area contributed by atoms with Crippen molar-refractivity contribution in [2.24, 2.45) is 0 Å². The van der Waals surface area contributed by atoms with Gasteiger partial charge in [0.25, 0.3) is 5.91 Å². The summed E-state index contributed by atoms with van der Waals surface area (Å²) in [6.07, 6.45) is 0.338. The zero-order valence-electron chi connectivity index (χ0n) is 14.2. The normalized spacial score (nSPS) is 12.1. The predicted octanol–water partition coefficient (Wildman–Crippen LogP) is 2.38. The summed E-state index contributed by atoms with van der Waals surface area (Å²) < 4.78 is 10.1. The number of esters is 1. The van der Waals surface area contributed by atoms with Crippen molar-refractivity contribution in [1.82, 2.24) is 0 Å². The first kappa shape index (κ1) is 17.5. The zero-order chi connectivity index (χ0) is 18.5. The van der Waals surface area contributed by atoms with E-state index in [2.05, 4.69) is 10.6 Å². The maximum Gasteiger partial charge on any atom is 0.344 e. The Morgan fingerprint density at radius 1 is 1.15 bits per heavy atom. The summed E-state index contributed by atoms with van der Waals surface area (Å²) in [5.41, 5.74) is 2.59. The molecule has 134 valence electrons. The molecule has 1 heterocycles. The van der Waals surface area contributed by atoms with Gasteiger partial charge in [-0.1, -0.05) is 6.07 Å². The van der Waals surface area contributed by atoms with Crippen LogP contribution in [0.4, 0.5) is 11.4 Å². The van der Waals surface area contributed by atoms with Gasteiger partial charge in [-0.25, -0.2) is 4.79 Å². The smallest absolute Gasteiger partial charge is 0.344 e. The minimum atomic E-state index is -0.436. The second-order valence-electron chi connectivity index (χ2n) is 5.67. The van der Waals surface area contributed by atoms with E-state index in [0.29, 0.717) is 35.7 Å². The Bertz CT molecular complexity index is 846.